The van der Waals surface area contributed by atoms with Gasteiger partial charge < -0.3 is 5.11 Å². The SMILES string of the molecule is O=C(O)c1nc(C2CCCCCC2)sc1-c1ccccc1. The van der Waals surface area contributed by atoms with Gasteiger partial charge in [-0.15, -0.1) is 11.3 Å². The van der Waals surface area contributed by atoms with Crippen molar-refractivity contribution in [2.75, 3.05) is 0 Å². The molecule has 0 bridgehead atoms. The Bertz CT molecular complexity index is 613. The Labute approximate surface area is 128 Å². The summed E-state index contributed by atoms with van der Waals surface area (Å²) in [5, 5.41) is 10.4. The van der Waals surface area contributed by atoms with Gasteiger partial charge in [0.2, 0.25) is 0 Å². The van der Waals surface area contributed by atoms with Crippen LogP contribution in [0, 0.1) is 0 Å². The fraction of sp³-hybridized carbons (Fsp3) is 0.412. The third-order valence-corrected chi connectivity index (χ3v) is 5.35. The Balaban J connectivity index is 1.98. The van der Waals surface area contributed by atoms with Crippen LogP contribution in [0.15, 0.2) is 30.3 Å². The van der Waals surface area contributed by atoms with Gasteiger partial charge in [-0.25, -0.2) is 9.78 Å². The van der Waals surface area contributed by atoms with E-state index in [9.17, 15) is 9.90 Å². The molecule has 4 heteroatoms. The lowest BCUT2D eigenvalue weighted by Crippen LogP contribution is -2.01. The topological polar surface area (TPSA) is 50.2 Å². The molecule has 0 radical (unpaired) electrons. The Morgan fingerprint density at radius 3 is 2.38 bits per heavy atom. The van der Waals surface area contributed by atoms with E-state index in [2.05, 4.69) is 4.98 Å². The number of carbonyl (C=O) groups is 1. The highest BCUT2D eigenvalue weighted by Crippen LogP contribution is 2.38. The summed E-state index contributed by atoms with van der Waals surface area (Å²) >= 11 is 1.56. The second kappa shape index (κ2) is 6.39. The highest BCUT2D eigenvalue weighted by atomic mass is 32.1. The predicted molar refractivity (Wildman–Crippen MR) is 85.0 cm³/mol. The minimum absolute atomic E-state index is 0.213. The third kappa shape index (κ3) is 3.16. The summed E-state index contributed by atoms with van der Waals surface area (Å²) in [5.41, 5.74) is 1.16. The number of aromatic carboxylic acids is 1. The van der Waals surface area contributed by atoms with Crippen LogP contribution in [0.1, 0.15) is 59.9 Å². The van der Waals surface area contributed by atoms with Crippen molar-refractivity contribution in [3.63, 3.8) is 0 Å². The molecular formula is C17H19NO2S. The average molecular weight is 301 g/mol. The van der Waals surface area contributed by atoms with Crippen molar-refractivity contribution in [1.29, 1.82) is 0 Å². The van der Waals surface area contributed by atoms with E-state index in [1.807, 2.05) is 30.3 Å². The summed E-state index contributed by atoms with van der Waals surface area (Å²) in [6.45, 7) is 0. The molecule has 110 valence electrons. The smallest absolute Gasteiger partial charge is 0.356 e. The van der Waals surface area contributed by atoms with E-state index in [0.29, 0.717) is 5.92 Å². The van der Waals surface area contributed by atoms with Crippen LogP contribution in [0.3, 0.4) is 0 Å². The largest absolute Gasteiger partial charge is 0.476 e. The molecule has 0 amide bonds. The van der Waals surface area contributed by atoms with Crippen LogP contribution in [0.25, 0.3) is 10.4 Å². The number of benzene rings is 1. The molecule has 0 saturated heterocycles. The van der Waals surface area contributed by atoms with Crippen molar-refractivity contribution in [2.24, 2.45) is 0 Å². The monoisotopic (exact) mass is 301 g/mol. The third-order valence-electron chi connectivity index (χ3n) is 4.09. The van der Waals surface area contributed by atoms with E-state index in [4.69, 9.17) is 0 Å². The number of nitrogens with zero attached hydrogens (tertiary/aromatic N) is 1. The number of hydrogen-bond donors (Lipinski definition) is 1. The zero-order valence-corrected chi connectivity index (χ0v) is 12.7. The summed E-state index contributed by atoms with van der Waals surface area (Å²) < 4.78 is 0. The second-order valence-corrected chi connectivity index (χ2v) is 6.62. The molecule has 1 aliphatic rings. The van der Waals surface area contributed by atoms with Crippen LogP contribution >= 0.6 is 11.3 Å². The van der Waals surface area contributed by atoms with Crippen LogP contribution in [0.2, 0.25) is 0 Å². The van der Waals surface area contributed by atoms with Crippen molar-refractivity contribution in [2.45, 2.75) is 44.4 Å². The van der Waals surface area contributed by atoms with E-state index >= 15 is 0 Å². The van der Waals surface area contributed by atoms with Gasteiger partial charge in [-0.1, -0.05) is 56.0 Å². The van der Waals surface area contributed by atoms with Gasteiger partial charge in [-0.2, -0.15) is 0 Å². The van der Waals surface area contributed by atoms with Crippen molar-refractivity contribution < 1.29 is 9.90 Å². The fourth-order valence-electron chi connectivity index (χ4n) is 2.97. The molecule has 1 saturated carbocycles. The average Bonchev–Trinajstić information content (AvgIpc) is 2.77. The number of thiazole rings is 1. The zero-order valence-electron chi connectivity index (χ0n) is 11.9. The van der Waals surface area contributed by atoms with E-state index in [1.54, 1.807) is 11.3 Å². The highest BCUT2D eigenvalue weighted by molar-refractivity contribution is 7.15. The maximum Gasteiger partial charge on any atom is 0.356 e. The molecule has 0 unspecified atom stereocenters. The fourth-order valence-corrected chi connectivity index (χ4v) is 4.20. The maximum atomic E-state index is 11.5. The van der Waals surface area contributed by atoms with Gasteiger partial charge in [0.05, 0.1) is 9.88 Å². The number of carboxylic acids is 1. The predicted octanol–water partition coefficient (Wildman–Crippen LogP) is 4.95. The van der Waals surface area contributed by atoms with Gasteiger partial charge in [0.15, 0.2) is 5.69 Å². The Morgan fingerprint density at radius 2 is 1.76 bits per heavy atom. The van der Waals surface area contributed by atoms with Crippen LogP contribution in [-0.4, -0.2) is 16.1 Å². The summed E-state index contributed by atoms with van der Waals surface area (Å²) in [4.78, 5) is 16.8. The number of aromatic nitrogens is 1. The van der Waals surface area contributed by atoms with E-state index < -0.39 is 5.97 Å². The molecule has 3 rings (SSSR count). The van der Waals surface area contributed by atoms with Crippen molar-refractivity contribution in [3.8, 4) is 10.4 Å². The minimum atomic E-state index is -0.926. The molecule has 2 aromatic rings. The molecule has 1 N–H and O–H groups in total. The first-order chi connectivity index (χ1) is 10.3. The van der Waals surface area contributed by atoms with Crippen LogP contribution in [0.5, 0.6) is 0 Å². The van der Waals surface area contributed by atoms with Gasteiger partial charge in [0.1, 0.15) is 0 Å². The van der Waals surface area contributed by atoms with Crippen LogP contribution in [-0.2, 0) is 0 Å². The number of hydrogen-bond acceptors (Lipinski definition) is 3. The molecule has 1 aromatic carbocycles. The number of carboxylic acid groups (broad SMARTS) is 1. The summed E-state index contributed by atoms with van der Waals surface area (Å²) in [6.07, 6.45) is 7.32. The van der Waals surface area contributed by atoms with Crippen molar-refractivity contribution >= 4 is 17.3 Å². The van der Waals surface area contributed by atoms with Crippen molar-refractivity contribution in [1.82, 2.24) is 4.98 Å². The second-order valence-electron chi connectivity index (χ2n) is 5.59. The summed E-state index contributed by atoms with van der Waals surface area (Å²) in [5.74, 6) is -0.488. The Hall–Kier alpha value is -1.68. The van der Waals surface area contributed by atoms with Gasteiger partial charge in [0.25, 0.3) is 0 Å². The highest BCUT2D eigenvalue weighted by Gasteiger charge is 2.24. The molecule has 1 aliphatic carbocycles. The molecule has 21 heavy (non-hydrogen) atoms. The Kier molecular flexibility index (Phi) is 4.34. The molecule has 0 aliphatic heterocycles. The lowest BCUT2D eigenvalue weighted by Gasteiger charge is -2.09. The lowest BCUT2D eigenvalue weighted by atomic mass is 10.0. The summed E-state index contributed by atoms with van der Waals surface area (Å²) in [7, 11) is 0. The molecule has 3 nitrogen and oxygen atoms in total. The van der Waals surface area contributed by atoms with Gasteiger partial charge in [-0.3, -0.25) is 0 Å². The maximum absolute atomic E-state index is 11.5. The van der Waals surface area contributed by atoms with E-state index in [0.717, 1.165) is 28.3 Å². The quantitative estimate of drug-likeness (QED) is 0.816. The minimum Gasteiger partial charge on any atom is -0.476 e. The zero-order chi connectivity index (χ0) is 14.7. The summed E-state index contributed by atoms with van der Waals surface area (Å²) in [6, 6.07) is 9.73. The first kappa shape index (κ1) is 14.3. The van der Waals surface area contributed by atoms with Crippen molar-refractivity contribution in [3.05, 3.63) is 41.0 Å². The van der Waals surface area contributed by atoms with Gasteiger partial charge in [0, 0.05) is 5.92 Å². The Morgan fingerprint density at radius 1 is 1.10 bits per heavy atom. The molecule has 0 spiro atoms. The molecule has 1 heterocycles. The molecule has 1 aromatic heterocycles. The van der Waals surface area contributed by atoms with Gasteiger partial charge >= 0.3 is 5.97 Å². The lowest BCUT2D eigenvalue weighted by molar-refractivity contribution is 0.0692. The molecule has 1 fully saturated rings. The normalized spacial score (nSPS) is 16.6. The molecular weight excluding hydrogens is 282 g/mol. The van der Waals surface area contributed by atoms with Gasteiger partial charge in [-0.05, 0) is 18.4 Å². The molecule has 0 atom stereocenters. The van der Waals surface area contributed by atoms with E-state index in [1.165, 1.54) is 25.7 Å². The standard InChI is InChI=1S/C17H19NO2S/c19-17(20)14-15(12-8-6-3-7-9-12)21-16(18-14)13-10-4-1-2-5-11-13/h3,6-9,13H,1-2,4-5,10-11H2,(H,19,20). The van der Waals surface area contributed by atoms with Crippen LogP contribution in [0.4, 0.5) is 0 Å². The van der Waals surface area contributed by atoms with E-state index in [-0.39, 0.29) is 5.69 Å². The van der Waals surface area contributed by atoms with Crippen LogP contribution < -0.4 is 0 Å². The first-order valence-electron chi connectivity index (χ1n) is 7.55. The first-order valence-corrected chi connectivity index (χ1v) is 8.37. The number of rotatable bonds is 3.